The van der Waals surface area contributed by atoms with Gasteiger partial charge in [-0.2, -0.15) is 0 Å². The summed E-state index contributed by atoms with van der Waals surface area (Å²) >= 11 is 0. The summed E-state index contributed by atoms with van der Waals surface area (Å²) in [5.41, 5.74) is 4.73. The van der Waals surface area contributed by atoms with Crippen LogP contribution in [-0.2, 0) is 9.59 Å². The Morgan fingerprint density at radius 3 is 2.14 bits per heavy atom. The van der Waals surface area contributed by atoms with Gasteiger partial charge >= 0.3 is 5.97 Å². The quantitative estimate of drug-likeness (QED) is 0.659. The van der Waals surface area contributed by atoms with Crippen molar-refractivity contribution in [2.24, 2.45) is 5.73 Å². The molecule has 0 unspecified atom stereocenters. The molecule has 0 saturated heterocycles. The van der Waals surface area contributed by atoms with Gasteiger partial charge in [0.15, 0.2) is 0 Å². The van der Waals surface area contributed by atoms with E-state index in [0.717, 1.165) is 0 Å². The molecule has 1 amide bonds. The maximum absolute atomic E-state index is 10.6. The highest BCUT2D eigenvalue weighted by Crippen LogP contribution is 2.12. The van der Waals surface area contributed by atoms with E-state index in [-0.39, 0.29) is 18.5 Å². The highest BCUT2D eigenvalue weighted by Gasteiger charge is 2.23. The molecular weight excluding hydrogens is 184 g/mol. The molecule has 0 saturated carbocycles. The van der Waals surface area contributed by atoms with Crippen molar-refractivity contribution in [3.63, 3.8) is 0 Å². The SMILES string of the molecule is CC(C)(C)N(CCC(N)=O)CC(=O)O. The predicted molar refractivity (Wildman–Crippen MR) is 52.8 cm³/mol. The lowest BCUT2D eigenvalue weighted by molar-refractivity contribution is -0.140. The predicted octanol–water partition coefficient (Wildman–Crippen LogP) is 0.0469. The monoisotopic (exact) mass is 202 g/mol. The van der Waals surface area contributed by atoms with Crippen LogP contribution in [0.4, 0.5) is 0 Å². The molecule has 0 aliphatic rings. The molecular formula is C9H18N2O3. The molecule has 0 aliphatic heterocycles. The van der Waals surface area contributed by atoms with Gasteiger partial charge in [-0.25, -0.2) is 0 Å². The molecule has 0 atom stereocenters. The summed E-state index contributed by atoms with van der Waals surface area (Å²) in [5.74, 6) is -1.31. The zero-order chi connectivity index (χ0) is 11.4. The molecule has 3 N–H and O–H groups in total. The fraction of sp³-hybridized carbons (Fsp3) is 0.778. The number of hydrogen-bond donors (Lipinski definition) is 2. The van der Waals surface area contributed by atoms with Crippen molar-refractivity contribution < 1.29 is 14.7 Å². The average Bonchev–Trinajstić information content (AvgIpc) is 1.94. The summed E-state index contributed by atoms with van der Waals surface area (Å²) in [7, 11) is 0. The number of nitrogens with two attached hydrogens (primary N) is 1. The third kappa shape index (κ3) is 5.53. The van der Waals surface area contributed by atoms with Crippen molar-refractivity contribution in [1.82, 2.24) is 4.90 Å². The van der Waals surface area contributed by atoms with Crippen LogP contribution in [0.25, 0.3) is 0 Å². The minimum atomic E-state index is -0.899. The number of amides is 1. The Labute approximate surface area is 83.9 Å². The highest BCUT2D eigenvalue weighted by atomic mass is 16.4. The van der Waals surface area contributed by atoms with Crippen LogP contribution in [0.2, 0.25) is 0 Å². The zero-order valence-corrected chi connectivity index (χ0v) is 8.91. The molecule has 0 rings (SSSR count). The van der Waals surface area contributed by atoms with Crippen LogP contribution >= 0.6 is 0 Å². The van der Waals surface area contributed by atoms with Gasteiger partial charge in [0.2, 0.25) is 5.91 Å². The van der Waals surface area contributed by atoms with E-state index in [1.54, 1.807) is 4.90 Å². The first-order valence-corrected chi connectivity index (χ1v) is 4.48. The van der Waals surface area contributed by atoms with Gasteiger partial charge in [0, 0.05) is 18.5 Å². The largest absolute Gasteiger partial charge is 0.480 e. The van der Waals surface area contributed by atoms with Crippen LogP contribution in [-0.4, -0.2) is 40.5 Å². The number of carboxylic acids is 1. The van der Waals surface area contributed by atoms with Gasteiger partial charge in [-0.3, -0.25) is 14.5 Å². The molecule has 0 aliphatic carbocycles. The fourth-order valence-electron chi connectivity index (χ4n) is 1.06. The molecule has 5 heteroatoms. The summed E-state index contributed by atoms with van der Waals surface area (Å²) in [6, 6.07) is 0. The van der Waals surface area contributed by atoms with E-state index < -0.39 is 11.9 Å². The Morgan fingerprint density at radius 1 is 1.36 bits per heavy atom. The van der Waals surface area contributed by atoms with Crippen LogP contribution in [0.5, 0.6) is 0 Å². The van der Waals surface area contributed by atoms with Gasteiger partial charge < -0.3 is 10.8 Å². The van der Waals surface area contributed by atoms with E-state index in [1.807, 2.05) is 20.8 Å². The van der Waals surface area contributed by atoms with Crippen molar-refractivity contribution in [3.8, 4) is 0 Å². The van der Waals surface area contributed by atoms with E-state index in [4.69, 9.17) is 10.8 Å². The number of carbonyl (C=O) groups is 2. The van der Waals surface area contributed by atoms with Gasteiger partial charge in [-0.15, -0.1) is 0 Å². The summed E-state index contributed by atoms with van der Waals surface area (Å²) in [6.07, 6.45) is 0.185. The lowest BCUT2D eigenvalue weighted by Gasteiger charge is -2.33. The standard InChI is InChI=1S/C9H18N2O3/c1-9(2,3)11(6-8(13)14)5-4-7(10)12/h4-6H2,1-3H3,(H2,10,12)(H,13,14). The second-order valence-electron chi connectivity index (χ2n) is 4.20. The van der Waals surface area contributed by atoms with Gasteiger partial charge in [0.1, 0.15) is 0 Å². The Hall–Kier alpha value is -1.10. The smallest absolute Gasteiger partial charge is 0.317 e. The molecule has 0 bridgehead atoms. The first-order valence-electron chi connectivity index (χ1n) is 4.48. The molecule has 0 aromatic rings. The summed E-state index contributed by atoms with van der Waals surface area (Å²) in [4.78, 5) is 22.8. The van der Waals surface area contributed by atoms with Gasteiger partial charge in [0.05, 0.1) is 6.54 Å². The molecule has 0 heterocycles. The second-order valence-corrected chi connectivity index (χ2v) is 4.20. The molecule has 0 fully saturated rings. The maximum atomic E-state index is 10.6. The van der Waals surface area contributed by atoms with E-state index in [9.17, 15) is 9.59 Å². The van der Waals surface area contributed by atoms with E-state index >= 15 is 0 Å². The van der Waals surface area contributed by atoms with Crippen LogP contribution in [0.15, 0.2) is 0 Å². The minimum absolute atomic E-state index is 0.0726. The summed E-state index contributed by atoms with van der Waals surface area (Å²) < 4.78 is 0. The molecule has 0 radical (unpaired) electrons. The molecule has 82 valence electrons. The van der Waals surface area contributed by atoms with Crippen molar-refractivity contribution in [3.05, 3.63) is 0 Å². The molecule has 5 nitrogen and oxygen atoms in total. The molecule has 0 spiro atoms. The highest BCUT2D eigenvalue weighted by molar-refractivity contribution is 5.74. The lowest BCUT2D eigenvalue weighted by Crippen LogP contribution is -2.45. The topological polar surface area (TPSA) is 83.6 Å². The number of primary amides is 1. The Balaban J connectivity index is 4.26. The number of carbonyl (C=O) groups excluding carboxylic acids is 1. The average molecular weight is 202 g/mol. The number of hydrogen-bond acceptors (Lipinski definition) is 3. The van der Waals surface area contributed by atoms with Crippen molar-refractivity contribution in [1.29, 1.82) is 0 Å². The van der Waals surface area contributed by atoms with Gasteiger partial charge in [-0.05, 0) is 20.8 Å². The molecule has 0 aromatic heterocycles. The molecule has 0 aromatic carbocycles. The third-order valence-corrected chi connectivity index (χ3v) is 1.90. The van der Waals surface area contributed by atoms with Crippen LogP contribution in [0, 0.1) is 0 Å². The number of rotatable bonds is 5. The Morgan fingerprint density at radius 2 is 1.86 bits per heavy atom. The van der Waals surface area contributed by atoms with Crippen molar-refractivity contribution in [2.45, 2.75) is 32.7 Å². The van der Waals surface area contributed by atoms with Gasteiger partial charge in [-0.1, -0.05) is 0 Å². The van der Waals surface area contributed by atoms with Crippen LogP contribution in [0.3, 0.4) is 0 Å². The van der Waals surface area contributed by atoms with Crippen molar-refractivity contribution in [2.75, 3.05) is 13.1 Å². The lowest BCUT2D eigenvalue weighted by atomic mass is 10.1. The minimum Gasteiger partial charge on any atom is -0.480 e. The van der Waals surface area contributed by atoms with E-state index in [0.29, 0.717) is 6.54 Å². The van der Waals surface area contributed by atoms with Gasteiger partial charge in [0.25, 0.3) is 0 Å². The normalized spacial score (nSPS) is 11.7. The maximum Gasteiger partial charge on any atom is 0.317 e. The number of carboxylic acid groups (broad SMARTS) is 1. The Bertz CT molecular complexity index is 221. The number of nitrogens with zero attached hydrogens (tertiary/aromatic N) is 1. The second kappa shape index (κ2) is 4.95. The number of aliphatic carboxylic acids is 1. The first-order chi connectivity index (χ1) is 6.23. The zero-order valence-electron chi connectivity index (χ0n) is 8.91. The Kier molecular flexibility index (Phi) is 4.56. The molecule has 14 heavy (non-hydrogen) atoms. The first kappa shape index (κ1) is 12.9. The summed E-state index contributed by atoms with van der Waals surface area (Å²) in [6.45, 7) is 6.01. The third-order valence-electron chi connectivity index (χ3n) is 1.90. The summed E-state index contributed by atoms with van der Waals surface area (Å²) in [5, 5.41) is 8.65. The van der Waals surface area contributed by atoms with E-state index in [2.05, 4.69) is 0 Å². The van der Waals surface area contributed by atoms with E-state index in [1.165, 1.54) is 0 Å². The van der Waals surface area contributed by atoms with Crippen LogP contribution in [0.1, 0.15) is 27.2 Å². The van der Waals surface area contributed by atoms with Crippen molar-refractivity contribution >= 4 is 11.9 Å². The van der Waals surface area contributed by atoms with Crippen LogP contribution < -0.4 is 5.73 Å². The fourth-order valence-corrected chi connectivity index (χ4v) is 1.06.